The molecule has 1 N–H and O–H groups in total. The number of hydrogen-bond donors (Lipinski definition) is 1. The normalized spacial score (nSPS) is 10.8. The zero-order valence-electron chi connectivity index (χ0n) is 12.2. The van der Waals surface area contributed by atoms with Gasteiger partial charge in [-0.1, -0.05) is 43.5 Å². The van der Waals surface area contributed by atoms with Crippen LogP contribution in [0.4, 0.5) is 0 Å². The lowest BCUT2D eigenvalue weighted by Crippen LogP contribution is -2.25. The van der Waals surface area contributed by atoms with E-state index in [0.29, 0.717) is 17.1 Å². The lowest BCUT2D eigenvalue weighted by molar-refractivity contribution is 0.279. The van der Waals surface area contributed by atoms with Crippen LogP contribution < -0.4 is 5.56 Å². The summed E-state index contributed by atoms with van der Waals surface area (Å²) >= 11 is 5.92. The van der Waals surface area contributed by atoms with Crippen LogP contribution in [-0.4, -0.2) is 9.67 Å². The number of nitrogens with zero attached hydrogens (tertiary/aromatic N) is 1. The maximum atomic E-state index is 12.4. The first-order valence-corrected chi connectivity index (χ1v) is 7.64. The summed E-state index contributed by atoms with van der Waals surface area (Å²) in [5.41, 5.74) is 2.15. The number of aromatic nitrogens is 1. The van der Waals surface area contributed by atoms with Gasteiger partial charge in [-0.2, -0.15) is 0 Å². The van der Waals surface area contributed by atoms with Crippen molar-refractivity contribution in [3.05, 3.63) is 57.3 Å². The molecule has 4 heteroatoms. The van der Waals surface area contributed by atoms with Crippen molar-refractivity contribution in [1.82, 2.24) is 4.57 Å². The van der Waals surface area contributed by atoms with Crippen molar-refractivity contribution in [2.24, 2.45) is 0 Å². The SMILES string of the molecule is CCCCCn1c(-c2ccc(Cl)cc2)ccc(CO)c1=O. The number of unbranched alkanes of at least 4 members (excludes halogenated alkanes) is 2. The van der Waals surface area contributed by atoms with E-state index in [-0.39, 0.29) is 12.2 Å². The molecule has 0 atom stereocenters. The second-order valence-electron chi connectivity index (χ2n) is 5.07. The highest BCUT2D eigenvalue weighted by Gasteiger charge is 2.10. The molecule has 0 aliphatic rings. The number of rotatable bonds is 6. The van der Waals surface area contributed by atoms with Crippen LogP contribution in [0.3, 0.4) is 0 Å². The van der Waals surface area contributed by atoms with E-state index in [1.165, 1.54) is 0 Å². The van der Waals surface area contributed by atoms with E-state index in [1.807, 2.05) is 30.3 Å². The van der Waals surface area contributed by atoms with Gasteiger partial charge < -0.3 is 9.67 Å². The Balaban J connectivity index is 2.46. The summed E-state index contributed by atoms with van der Waals surface area (Å²) in [4.78, 5) is 12.4. The molecule has 0 aliphatic carbocycles. The van der Waals surface area contributed by atoms with E-state index in [2.05, 4.69) is 6.92 Å². The van der Waals surface area contributed by atoms with Crippen LogP contribution in [0.5, 0.6) is 0 Å². The minimum Gasteiger partial charge on any atom is -0.391 e. The van der Waals surface area contributed by atoms with Crippen molar-refractivity contribution < 1.29 is 5.11 Å². The summed E-state index contributed by atoms with van der Waals surface area (Å²) < 4.78 is 1.75. The quantitative estimate of drug-likeness (QED) is 0.824. The van der Waals surface area contributed by atoms with Crippen LogP contribution in [0, 0.1) is 0 Å². The molecular formula is C17H20ClNO2. The number of aliphatic hydroxyl groups is 1. The Labute approximate surface area is 129 Å². The van der Waals surface area contributed by atoms with E-state index in [9.17, 15) is 9.90 Å². The molecule has 2 rings (SSSR count). The fraction of sp³-hybridized carbons (Fsp3) is 0.353. The minimum atomic E-state index is -0.229. The highest BCUT2D eigenvalue weighted by atomic mass is 35.5. The zero-order chi connectivity index (χ0) is 15.2. The lowest BCUT2D eigenvalue weighted by atomic mass is 10.1. The molecule has 1 aromatic heterocycles. The van der Waals surface area contributed by atoms with Gasteiger partial charge in [-0.15, -0.1) is 0 Å². The molecular weight excluding hydrogens is 286 g/mol. The molecule has 0 fully saturated rings. The molecule has 0 bridgehead atoms. The molecule has 0 amide bonds. The Bertz CT molecular complexity index is 647. The molecule has 21 heavy (non-hydrogen) atoms. The molecule has 0 aliphatic heterocycles. The first kappa shape index (κ1) is 15.8. The van der Waals surface area contributed by atoms with Gasteiger partial charge in [-0.25, -0.2) is 0 Å². The number of aliphatic hydroxyl groups excluding tert-OH is 1. The number of hydrogen-bond acceptors (Lipinski definition) is 2. The Hall–Kier alpha value is -1.58. The third kappa shape index (κ3) is 3.74. The van der Waals surface area contributed by atoms with Crippen LogP contribution in [0.2, 0.25) is 5.02 Å². The van der Waals surface area contributed by atoms with Crippen molar-refractivity contribution in [3.63, 3.8) is 0 Å². The molecule has 3 nitrogen and oxygen atoms in total. The third-order valence-electron chi connectivity index (χ3n) is 3.55. The Kier molecular flexibility index (Phi) is 5.59. The molecule has 112 valence electrons. The largest absolute Gasteiger partial charge is 0.391 e. The summed E-state index contributed by atoms with van der Waals surface area (Å²) in [5, 5.41) is 9.95. The second kappa shape index (κ2) is 7.43. The first-order valence-electron chi connectivity index (χ1n) is 7.27. The Morgan fingerprint density at radius 2 is 1.81 bits per heavy atom. The van der Waals surface area contributed by atoms with Gasteiger partial charge in [0.25, 0.3) is 5.56 Å². The molecule has 0 unspecified atom stereocenters. The van der Waals surface area contributed by atoms with Gasteiger partial charge in [-0.05, 0) is 36.2 Å². The summed E-state index contributed by atoms with van der Waals surface area (Å²) in [7, 11) is 0. The van der Waals surface area contributed by atoms with E-state index < -0.39 is 0 Å². The fourth-order valence-electron chi connectivity index (χ4n) is 2.36. The van der Waals surface area contributed by atoms with Gasteiger partial charge in [0.1, 0.15) is 0 Å². The molecule has 2 aromatic rings. The number of pyridine rings is 1. The van der Waals surface area contributed by atoms with Crippen molar-refractivity contribution in [2.75, 3.05) is 0 Å². The second-order valence-corrected chi connectivity index (χ2v) is 5.51. The summed E-state index contributed by atoms with van der Waals surface area (Å²) in [6.07, 6.45) is 3.13. The third-order valence-corrected chi connectivity index (χ3v) is 3.80. The minimum absolute atomic E-state index is 0.110. The Morgan fingerprint density at radius 1 is 1.10 bits per heavy atom. The predicted octanol–water partition coefficient (Wildman–Crippen LogP) is 3.85. The first-order chi connectivity index (χ1) is 10.2. The average Bonchev–Trinajstić information content (AvgIpc) is 2.50. The van der Waals surface area contributed by atoms with Crippen LogP contribution in [0.1, 0.15) is 31.7 Å². The summed E-state index contributed by atoms with van der Waals surface area (Å²) in [6.45, 7) is 2.57. The van der Waals surface area contributed by atoms with Gasteiger partial charge in [0, 0.05) is 17.1 Å². The molecule has 0 spiro atoms. The molecule has 0 radical (unpaired) electrons. The van der Waals surface area contributed by atoms with Gasteiger partial charge >= 0.3 is 0 Å². The fourth-order valence-corrected chi connectivity index (χ4v) is 2.48. The number of benzene rings is 1. The van der Waals surface area contributed by atoms with Crippen molar-refractivity contribution >= 4 is 11.6 Å². The van der Waals surface area contributed by atoms with E-state index in [0.717, 1.165) is 30.5 Å². The van der Waals surface area contributed by atoms with Crippen LogP contribution >= 0.6 is 11.6 Å². The molecule has 1 heterocycles. The van der Waals surface area contributed by atoms with E-state index in [1.54, 1.807) is 10.6 Å². The standard InChI is InChI=1S/C17H20ClNO2/c1-2-3-4-11-19-16(10-7-14(12-20)17(19)21)13-5-8-15(18)9-6-13/h5-10,20H,2-4,11-12H2,1H3. The maximum absolute atomic E-state index is 12.4. The monoisotopic (exact) mass is 305 g/mol. The molecule has 0 saturated heterocycles. The summed E-state index contributed by atoms with van der Waals surface area (Å²) in [5.74, 6) is 0. The summed E-state index contributed by atoms with van der Waals surface area (Å²) in [6, 6.07) is 11.0. The highest BCUT2D eigenvalue weighted by Crippen LogP contribution is 2.21. The van der Waals surface area contributed by atoms with Crippen LogP contribution in [-0.2, 0) is 13.2 Å². The highest BCUT2D eigenvalue weighted by molar-refractivity contribution is 6.30. The van der Waals surface area contributed by atoms with Gasteiger partial charge in [-0.3, -0.25) is 4.79 Å². The van der Waals surface area contributed by atoms with Crippen molar-refractivity contribution in [2.45, 2.75) is 39.3 Å². The van der Waals surface area contributed by atoms with E-state index in [4.69, 9.17) is 11.6 Å². The van der Waals surface area contributed by atoms with Crippen molar-refractivity contribution in [1.29, 1.82) is 0 Å². The van der Waals surface area contributed by atoms with E-state index >= 15 is 0 Å². The lowest BCUT2D eigenvalue weighted by Gasteiger charge is -2.14. The predicted molar refractivity (Wildman–Crippen MR) is 86.6 cm³/mol. The average molecular weight is 306 g/mol. The van der Waals surface area contributed by atoms with Crippen LogP contribution in [0.25, 0.3) is 11.3 Å². The Morgan fingerprint density at radius 3 is 2.43 bits per heavy atom. The molecule has 0 saturated carbocycles. The smallest absolute Gasteiger partial charge is 0.256 e. The van der Waals surface area contributed by atoms with Gasteiger partial charge in [0.15, 0.2) is 0 Å². The van der Waals surface area contributed by atoms with Gasteiger partial charge in [0.05, 0.1) is 12.3 Å². The number of halogens is 1. The topological polar surface area (TPSA) is 42.2 Å². The zero-order valence-corrected chi connectivity index (χ0v) is 12.9. The van der Waals surface area contributed by atoms with Crippen LogP contribution in [0.15, 0.2) is 41.2 Å². The van der Waals surface area contributed by atoms with Gasteiger partial charge in [0.2, 0.25) is 0 Å². The maximum Gasteiger partial charge on any atom is 0.256 e. The van der Waals surface area contributed by atoms with Crippen molar-refractivity contribution in [3.8, 4) is 11.3 Å². The molecule has 1 aromatic carbocycles.